The summed E-state index contributed by atoms with van der Waals surface area (Å²) in [6.07, 6.45) is 3.11. The Bertz CT molecular complexity index is 31.9. The zero-order chi connectivity index (χ0) is 3.70. The monoisotopic (exact) mass is 106 g/mol. The highest BCUT2D eigenvalue weighted by Crippen LogP contribution is 2.61. The zero-order valence-electron chi connectivity index (χ0n) is 3.36. The first kappa shape index (κ1) is 4.03. The van der Waals surface area contributed by atoms with Crippen molar-refractivity contribution in [3.8, 4) is 0 Å². The van der Waals surface area contributed by atoms with Crippen LogP contribution < -0.4 is 0 Å². The first-order valence-electron chi connectivity index (χ1n) is 1.84. The second-order valence-corrected chi connectivity index (χ2v) is 7.23. The Hall–Kier alpha value is 0.860. The van der Waals surface area contributed by atoms with Gasteiger partial charge in [-0.1, -0.05) is 15.9 Å². The lowest BCUT2D eigenvalue weighted by Crippen LogP contribution is -1.90. The van der Waals surface area contributed by atoms with Gasteiger partial charge in [0, 0.05) is 0 Å². The Kier molecular flexibility index (Phi) is 1.24. The van der Waals surface area contributed by atoms with Crippen molar-refractivity contribution in [2.45, 2.75) is 0 Å². The Morgan fingerprint density at radius 2 is 2.20 bits per heavy atom. The molecule has 0 bridgehead atoms. The Labute approximate surface area is 35.8 Å². The lowest BCUT2D eigenvalue weighted by Gasteiger charge is -2.20. The van der Waals surface area contributed by atoms with Crippen LogP contribution in [0.15, 0.2) is 0 Å². The first-order valence-corrected chi connectivity index (χ1v) is 5.86. The van der Waals surface area contributed by atoms with Crippen LogP contribution in [-0.4, -0.2) is 19.0 Å². The van der Waals surface area contributed by atoms with E-state index in [1.807, 2.05) is 0 Å². The summed E-state index contributed by atoms with van der Waals surface area (Å²) in [7, 11) is 1.97. The molecule has 0 amide bonds. The molecule has 0 aliphatic carbocycles. The molecule has 0 aromatic carbocycles. The normalized spacial score (nSPS) is 41.4. The van der Waals surface area contributed by atoms with Crippen LogP contribution in [0.3, 0.4) is 0 Å². The van der Waals surface area contributed by atoms with Crippen LogP contribution in [0.5, 0.6) is 0 Å². The van der Waals surface area contributed by atoms with Gasteiger partial charge < -0.3 is 0 Å². The molecule has 0 spiro atoms. The molecular weight excluding hydrogens is 98.0 g/mol. The van der Waals surface area contributed by atoms with E-state index in [9.17, 15) is 0 Å². The van der Waals surface area contributed by atoms with Crippen molar-refractivity contribution in [1.82, 2.24) is 0 Å². The molecule has 1 fully saturated rings. The van der Waals surface area contributed by atoms with Crippen molar-refractivity contribution in [2.75, 3.05) is 19.0 Å². The van der Waals surface area contributed by atoms with Gasteiger partial charge in [-0.25, -0.2) is 0 Å². The predicted octanol–water partition coefficient (Wildman–Crippen LogP) is 1.71. The molecule has 5 heavy (non-hydrogen) atoms. The molecule has 0 saturated carbocycles. The van der Waals surface area contributed by atoms with E-state index in [0.29, 0.717) is 7.61 Å². The van der Waals surface area contributed by atoms with E-state index >= 15 is 0 Å². The largest absolute Gasteiger partial charge is 0.0959 e. The Morgan fingerprint density at radius 1 is 1.80 bits per heavy atom. The fourth-order valence-corrected chi connectivity index (χ4v) is 3.02. The first-order chi connectivity index (χ1) is 2.39. The van der Waals surface area contributed by atoms with Crippen molar-refractivity contribution < 1.29 is 0 Å². The summed E-state index contributed by atoms with van der Waals surface area (Å²) in [5.41, 5.74) is 0. The maximum absolute atomic E-state index is 2.39. The minimum Gasteiger partial charge on any atom is -0.0959 e. The molecule has 0 aromatic heterocycles. The van der Waals surface area contributed by atoms with Gasteiger partial charge in [0.05, 0.1) is 0 Å². The molecule has 1 aliphatic heterocycles. The van der Waals surface area contributed by atoms with Crippen LogP contribution in [0.4, 0.5) is 0 Å². The highest BCUT2D eigenvalue weighted by molar-refractivity contribution is 8.24. The second kappa shape index (κ2) is 1.54. The summed E-state index contributed by atoms with van der Waals surface area (Å²) in [4.78, 5) is 0. The highest BCUT2D eigenvalue weighted by atomic mass is 32.1. The third-order valence-electron chi connectivity index (χ3n) is 0.829. The van der Waals surface area contributed by atoms with E-state index in [2.05, 4.69) is 6.66 Å². The van der Waals surface area contributed by atoms with Crippen LogP contribution in [0.25, 0.3) is 0 Å². The molecule has 0 radical (unpaired) electrons. The van der Waals surface area contributed by atoms with Gasteiger partial charge in [0.2, 0.25) is 0 Å². The molecular formula is C3H8P2. The van der Waals surface area contributed by atoms with Gasteiger partial charge in [-0.05, 0) is 19.0 Å². The van der Waals surface area contributed by atoms with Crippen molar-refractivity contribution in [2.24, 2.45) is 0 Å². The molecule has 1 aliphatic rings. The number of rotatable bonds is 0. The third-order valence-corrected chi connectivity index (χ3v) is 6.12. The molecule has 0 nitrogen and oxygen atoms in total. The average molecular weight is 106 g/mol. The summed E-state index contributed by atoms with van der Waals surface area (Å²) in [5.74, 6) is 0. The molecule has 2 heteroatoms. The average Bonchev–Trinajstić information content (AvgIpc) is 1.30. The molecule has 2 atom stereocenters. The molecule has 1 rings (SSSR count). The van der Waals surface area contributed by atoms with Gasteiger partial charge >= 0.3 is 0 Å². The van der Waals surface area contributed by atoms with E-state index in [4.69, 9.17) is 0 Å². The molecule has 0 aromatic rings. The fraction of sp³-hybridized carbons (Fsp3) is 1.00. The lowest BCUT2D eigenvalue weighted by molar-refractivity contribution is 1.50. The summed E-state index contributed by atoms with van der Waals surface area (Å²) >= 11 is 0. The van der Waals surface area contributed by atoms with E-state index in [0.717, 1.165) is 0 Å². The Balaban J connectivity index is 2.08. The molecule has 0 N–H and O–H groups in total. The summed E-state index contributed by atoms with van der Waals surface area (Å²) in [5, 5.41) is 0. The van der Waals surface area contributed by atoms with Gasteiger partial charge in [0.15, 0.2) is 0 Å². The maximum atomic E-state index is 2.39. The topological polar surface area (TPSA) is 0 Å². The molecule has 1 heterocycles. The predicted molar refractivity (Wildman–Crippen MR) is 30.9 cm³/mol. The van der Waals surface area contributed by atoms with Gasteiger partial charge in [-0.3, -0.25) is 0 Å². The molecule has 2 unspecified atom stereocenters. The number of hydrogen-bond donors (Lipinski definition) is 0. The minimum atomic E-state index is 0.610. The highest BCUT2D eigenvalue weighted by Gasteiger charge is 2.08. The number of hydrogen-bond acceptors (Lipinski definition) is 0. The van der Waals surface area contributed by atoms with Crippen LogP contribution in [0.2, 0.25) is 0 Å². The van der Waals surface area contributed by atoms with Gasteiger partial charge in [-0.15, -0.1) is 0 Å². The van der Waals surface area contributed by atoms with Crippen molar-refractivity contribution in [1.29, 1.82) is 0 Å². The van der Waals surface area contributed by atoms with Crippen LogP contribution >= 0.6 is 15.9 Å². The smallest absolute Gasteiger partial charge is 0.0252 e. The summed E-state index contributed by atoms with van der Waals surface area (Å²) < 4.78 is 0. The third kappa shape index (κ3) is 0.845. The SMILES string of the molecule is CP1CCP1. The van der Waals surface area contributed by atoms with Crippen LogP contribution in [0, 0.1) is 0 Å². The van der Waals surface area contributed by atoms with Gasteiger partial charge in [0.25, 0.3) is 0 Å². The van der Waals surface area contributed by atoms with Crippen molar-refractivity contribution >= 4 is 15.9 Å². The molecule has 30 valence electrons. The van der Waals surface area contributed by atoms with Crippen molar-refractivity contribution in [3.05, 3.63) is 0 Å². The second-order valence-electron chi connectivity index (χ2n) is 1.33. The molecule has 1 saturated heterocycles. The van der Waals surface area contributed by atoms with E-state index in [1.165, 1.54) is 8.27 Å². The van der Waals surface area contributed by atoms with Crippen LogP contribution in [-0.2, 0) is 0 Å². The van der Waals surface area contributed by atoms with Crippen molar-refractivity contribution in [3.63, 3.8) is 0 Å². The van der Waals surface area contributed by atoms with Gasteiger partial charge in [-0.2, -0.15) is 0 Å². The lowest BCUT2D eigenvalue weighted by atomic mass is 11.0. The minimum absolute atomic E-state index is 0.610. The standard InChI is InChI=1S/C3H8P2/c1-5-3-2-4-5/h4H,2-3H2,1H3. The summed E-state index contributed by atoms with van der Waals surface area (Å²) in [6, 6.07) is 0. The Morgan fingerprint density at radius 3 is 2.20 bits per heavy atom. The fourth-order valence-electron chi connectivity index (χ4n) is 0.335. The van der Waals surface area contributed by atoms with Gasteiger partial charge in [0.1, 0.15) is 0 Å². The van der Waals surface area contributed by atoms with E-state index in [1.54, 1.807) is 12.3 Å². The zero-order valence-corrected chi connectivity index (χ0v) is 5.26. The van der Waals surface area contributed by atoms with E-state index < -0.39 is 0 Å². The summed E-state index contributed by atoms with van der Waals surface area (Å²) in [6.45, 7) is 2.39. The van der Waals surface area contributed by atoms with E-state index in [-0.39, 0.29) is 0 Å². The van der Waals surface area contributed by atoms with Crippen LogP contribution in [0.1, 0.15) is 0 Å². The maximum Gasteiger partial charge on any atom is -0.0252 e. The quantitative estimate of drug-likeness (QED) is 0.412.